The lowest BCUT2D eigenvalue weighted by Gasteiger charge is -2.13. The zero-order chi connectivity index (χ0) is 11.3. The summed E-state index contributed by atoms with van der Waals surface area (Å²) in [5.41, 5.74) is 2.20. The monoisotopic (exact) mass is 273 g/mol. The van der Waals surface area contributed by atoms with Gasteiger partial charge in [-0.2, -0.15) is 0 Å². The van der Waals surface area contributed by atoms with Gasteiger partial charge in [-0.3, -0.25) is 0 Å². The highest BCUT2D eigenvalue weighted by atomic mass is 79.9. The van der Waals surface area contributed by atoms with Crippen LogP contribution in [0.1, 0.15) is 12.5 Å². The molecule has 1 aromatic rings. The number of halogens is 1. The van der Waals surface area contributed by atoms with Crippen molar-refractivity contribution in [3.63, 3.8) is 0 Å². The van der Waals surface area contributed by atoms with Crippen LogP contribution in [0, 0.1) is 0 Å². The molecule has 3 N–H and O–H groups in total. The third kappa shape index (κ3) is 3.81. The molecule has 4 heteroatoms. The molecule has 0 heterocycles. The van der Waals surface area contributed by atoms with Gasteiger partial charge in [0.2, 0.25) is 0 Å². The molecule has 1 atom stereocenters. The van der Waals surface area contributed by atoms with E-state index >= 15 is 0 Å². The lowest BCUT2D eigenvalue weighted by Crippen LogP contribution is -2.23. The first kappa shape index (κ1) is 12.5. The van der Waals surface area contributed by atoms with E-state index in [-0.39, 0.29) is 6.61 Å². The maximum absolute atomic E-state index is 9.23. The zero-order valence-corrected chi connectivity index (χ0v) is 10.3. The van der Waals surface area contributed by atoms with Crippen LogP contribution in [0.5, 0.6) is 0 Å². The molecule has 1 unspecified atom stereocenters. The fourth-order valence-electron chi connectivity index (χ4n) is 1.31. The summed E-state index contributed by atoms with van der Waals surface area (Å²) < 4.78 is 1.00. The molecule has 0 aliphatic rings. The van der Waals surface area contributed by atoms with E-state index in [1.54, 1.807) is 0 Å². The Kier molecular flexibility index (Phi) is 5.08. The first-order valence-corrected chi connectivity index (χ1v) is 5.78. The van der Waals surface area contributed by atoms with Gasteiger partial charge >= 0.3 is 0 Å². The highest BCUT2D eigenvalue weighted by Crippen LogP contribution is 2.21. The van der Waals surface area contributed by atoms with E-state index in [9.17, 15) is 5.11 Å². The number of rotatable bonds is 5. The summed E-state index contributed by atoms with van der Waals surface area (Å²) in [7, 11) is 0. The van der Waals surface area contributed by atoms with Gasteiger partial charge in [0.15, 0.2) is 0 Å². The van der Waals surface area contributed by atoms with E-state index in [0.29, 0.717) is 6.54 Å². The smallest absolute Gasteiger partial charge is 0.0942 e. The molecule has 0 amide bonds. The Bertz CT molecular complexity index is 317. The van der Waals surface area contributed by atoms with Crippen LogP contribution < -0.4 is 5.32 Å². The van der Waals surface area contributed by atoms with E-state index in [4.69, 9.17) is 5.11 Å². The Morgan fingerprint density at radius 2 is 2.20 bits per heavy atom. The van der Waals surface area contributed by atoms with Crippen LogP contribution in [0.25, 0.3) is 0 Å². The van der Waals surface area contributed by atoms with Crippen molar-refractivity contribution in [3.05, 3.63) is 28.2 Å². The third-order valence-corrected chi connectivity index (χ3v) is 2.68. The van der Waals surface area contributed by atoms with E-state index < -0.39 is 6.10 Å². The minimum atomic E-state index is -0.714. The van der Waals surface area contributed by atoms with Gasteiger partial charge in [0.1, 0.15) is 0 Å². The fraction of sp³-hybridized carbons (Fsp3) is 0.455. The fourth-order valence-corrected chi connectivity index (χ4v) is 1.67. The average Bonchev–Trinajstić information content (AvgIpc) is 2.26. The SMILES string of the molecule is CCc1ccc(Br)cc1NCC(O)CO. The largest absolute Gasteiger partial charge is 0.394 e. The molecule has 0 fully saturated rings. The van der Waals surface area contributed by atoms with Gasteiger partial charge in [0.05, 0.1) is 12.7 Å². The Balaban J connectivity index is 2.69. The van der Waals surface area contributed by atoms with Crippen molar-refractivity contribution in [2.75, 3.05) is 18.5 Å². The minimum Gasteiger partial charge on any atom is -0.394 e. The van der Waals surface area contributed by atoms with E-state index in [0.717, 1.165) is 16.6 Å². The van der Waals surface area contributed by atoms with Crippen LogP contribution in [0.3, 0.4) is 0 Å². The second-order valence-corrected chi connectivity index (χ2v) is 4.29. The number of aliphatic hydroxyl groups excluding tert-OH is 2. The standard InChI is InChI=1S/C11H16BrNO2/c1-2-8-3-4-9(12)5-11(8)13-6-10(15)7-14/h3-5,10,13-15H,2,6-7H2,1H3. The Labute approximate surface area is 98.3 Å². The average molecular weight is 274 g/mol. The molecule has 1 aromatic carbocycles. The molecule has 15 heavy (non-hydrogen) atoms. The lowest BCUT2D eigenvalue weighted by molar-refractivity contribution is 0.105. The lowest BCUT2D eigenvalue weighted by atomic mass is 10.1. The molecular weight excluding hydrogens is 258 g/mol. The molecule has 0 spiro atoms. The second-order valence-electron chi connectivity index (χ2n) is 3.37. The zero-order valence-electron chi connectivity index (χ0n) is 8.70. The van der Waals surface area contributed by atoms with Crippen LogP contribution in [-0.4, -0.2) is 29.5 Å². The van der Waals surface area contributed by atoms with E-state index in [2.05, 4.69) is 28.2 Å². The highest BCUT2D eigenvalue weighted by molar-refractivity contribution is 9.10. The van der Waals surface area contributed by atoms with Crippen molar-refractivity contribution in [2.45, 2.75) is 19.4 Å². The first-order valence-electron chi connectivity index (χ1n) is 4.98. The van der Waals surface area contributed by atoms with Crippen LogP contribution in [0.2, 0.25) is 0 Å². The molecule has 0 aromatic heterocycles. The molecule has 0 aliphatic carbocycles. The molecule has 0 aliphatic heterocycles. The van der Waals surface area contributed by atoms with Gasteiger partial charge in [0.25, 0.3) is 0 Å². The summed E-state index contributed by atoms with van der Waals surface area (Å²) in [6.07, 6.45) is 0.221. The number of hydrogen-bond donors (Lipinski definition) is 3. The van der Waals surface area contributed by atoms with Crippen molar-refractivity contribution in [2.24, 2.45) is 0 Å². The maximum atomic E-state index is 9.23. The van der Waals surface area contributed by atoms with Crippen LogP contribution >= 0.6 is 15.9 Å². The van der Waals surface area contributed by atoms with Crippen molar-refractivity contribution in [1.29, 1.82) is 0 Å². The van der Waals surface area contributed by atoms with Crippen LogP contribution in [0.4, 0.5) is 5.69 Å². The van der Waals surface area contributed by atoms with Crippen molar-refractivity contribution in [3.8, 4) is 0 Å². The Morgan fingerprint density at radius 3 is 2.80 bits per heavy atom. The van der Waals surface area contributed by atoms with E-state index in [1.165, 1.54) is 5.56 Å². The topological polar surface area (TPSA) is 52.5 Å². The Hall–Kier alpha value is -0.580. The predicted molar refractivity (Wildman–Crippen MR) is 65.1 cm³/mol. The molecule has 0 bridgehead atoms. The highest BCUT2D eigenvalue weighted by Gasteiger charge is 2.04. The molecule has 1 rings (SSSR count). The van der Waals surface area contributed by atoms with E-state index in [1.807, 2.05) is 18.2 Å². The number of anilines is 1. The summed E-state index contributed by atoms with van der Waals surface area (Å²) in [4.78, 5) is 0. The van der Waals surface area contributed by atoms with Gasteiger partial charge < -0.3 is 15.5 Å². The molecule has 0 saturated heterocycles. The third-order valence-electron chi connectivity index (χ3n) is 2.19. The predicted octanol–water partition coefficient (Wildman–Crippen LogP) is 1.78. The normalized spacial score (nSPS) is 12.5. The number of aryl methyl sites for hydroxylation is 1. The molecule has 3 nitrogen and oxygen atoms in total. The second kappa shape index (κ2) is 6.10. The first-order chi connectivity index (χ1) is 7.17. The van der Waals surface area contributed by atoms with Gasteiger partial charge in [-0.15, -0.1) is 0 Å². The van der Waals surface area contributed by atoms with Crippen LogP contribution in [-0.2, 0) is 6.42 Å². The molecule has 0 saturated carbocycles. The summed E-state index contributed by atoms with van der Waals surface area (Å²) >= 11 is 3.40. The number of hydrogen-bond acceptors (Lipinski definition) is 3. The maximum Gasteiger partial charge on any atom is 0.0942 e. The van der Waals surface area contributed by atoms with Gasteiger partial charge in [-0.25, -0.2) is 0 Å². The van der Waals surface area contributed by atoms with Gasteiger partial charge in [-0.05, 0) is 24.1 Å². The van der Waals surface area contributed by atoms with Crippen molar-refractivity contribution >= 4 is 21.6 Å². The number of nitrogens with one attached hydrogen (secondary N) is 1. The van der Waals surface area contributed by atoms with Gasteiger partial charge in [-0.1, -0.05) is 28.9 Å². The molecule has 84 valence electrons. The summed E-state index contributed by atoms with van der Waals surface area (Å²) in [6, 6.07) is 6.01. The quantitative estimate of drug-likeness (QED) is 0.767. The number of aliphatic hydroxyl groups is 2. The van der Waals surface area contributed by atoms with Gasteiger partial charge in [0, 0.05) is 16.7 Å². The summed E-state index contributed by atoms with van der Waals surface area (Å²) in [6.45, 7) is 2.22. The minimum absolute atomic E-state index is 0.220. The number of benzene rings is 1. The Morgan fingerprint density at radius 1 is 1.47 bits per heavy atom. The molecular formula is C11H16BrNO2. The summed E-state index contributed by atoms with van der Waals surface area (Å²) in [5, 5.41) is 21.0. The van der Waals surface area contributed by atoms with Crippen LogP contribution in [0.15, 0.2) is 22.7 Å². The summed E-state index contributed by atoms with van der Waals surface area (Å²) in [5.74, 6) is 0. The molecule has 0 radical (unpaired) electrons. The van der Waals surface area contributed by atoms with Crippen molar-refractivity contribution < 1.29 is 10.2 Å². The van der Waals surface area contributed by atoms with Crippen molar-refractivity contribution in [1.82, 2.24) is 0 Å².